The summed E-state index contributed by atoms with van der Waals surface area (Å²) in [7, 11) is -9.86. The van der Waals surface area contributed by atoms with Gasteiger partial charge in [-0.1, -0.05) is 32.9 Å². The summed E-state index contributed by atoms with van der Waals surface area (Å²) >= 11 is 0. The molecule has 0 bridgehead atoms. The number of ether oxygens (including phenoxy) is 5. The maximum absolute atomic E-state index is 15.5. The van der Waals surface area contributed by atoms with Crippen molar-refractivity contribution in [2.45, 2.75) is 154 Å². The maximum atomic E-state index is 15.5. The fourth-order valence-electron chi connectivity index (χ4n) is 13.7. The quantitative estimate of drug-likeness (QED) is 0.0103. The van der Waals surface area contributed by atoms with Crippen molar-refractivity contribution in [3.05, 3.63) is 104 Å². The van der Waals surface area contributed by atoms with Crippen LogP contribution in [0.2, 0.25) is 0 Å². The Morgan fingerprint density at radius 3 is 2.06 bits per heavy atom. The van der Waals surface area contributed by atoms with Gasteiger partial charge < -0.3 is 102 Å². The Kier molecular flexibility index (Phi) is 32.0. The minimum Gasteiger partial charge on any atom is -0.464 e. The van der Waals surface area contributed by atoms with Gasteiger partial charge >= 0.3 is 39.8 Å². The summed E-state index contributed by atoms with van der Waals surface area (Å²) in [5.41, 5.74) is 3.85. The first-order valence-electron chi connectivity index (χ1n) is 37.7. The number of benzene rings is 2. The molecule has 1 fully saturated rings. The summed E-state index contributed by atoms with van der Waals surface area (Å²) in [5, 5.41) is 25.9. The van der Waals surface area contributed by atoms with Crippen molar-refractivity contribution in [3.63, 3.8) is 0 Å². The van der Waals surface area contributed by atoms with Crippen LogP contribution < -0.4 is 64.5 Å². The van der Waals surface area contributed by atoms with Crippen LogP contribution in [-0.4, -0.2) is 228 Å². The maximum Gasteiger partial charge on any atom is 0.473 e. The van der Waals surface area contributed by atoms with E-state index >= 15 is 4.39 Å². The van der Waals surface area contributed by atoms with Crippen molar-refractivity contribution < 1.29 is 132 Å². The average Bonchev–Trinajstić information content (AvgIpc) is 1.45. The van der Waals surface area contributed by atoms with E-state index in [-0.39, 0.29) is 144 Å². The third-order valence-electron chi connectivity index (χ3n) is 19.7. The van der Waals surface area contributed by atoms with Gasteiger partial charge in [0.2, 0.25) is 47.0 Å². The molecule has 2 aromatic heterocycles. The number of hydrogen-bond acceptors (Lipinski definition) is 25. The number of carbonyl (C=O) groups is 13. The van der Waals surface area contributed by atoms with Crippen LogP contribution >= 0.6 is 15.4 Å². The number of phosphoric acid groups is 1. The number of anilines is 1. The number of alkyl halides is 2. The summed E-state index contributed by atoms with van der Waals surface area (Å²) in [5.74, 6) is -12.3. The number of primary amides is 1. The molecule has 0 saturated carbocycles. The molecule has 0 radical (unpaired) electrons. The lowest BCUT2D eigenvalue weighted by atomic mass is 9.81. The number of aryl methyl sites for hydroxylation is 1. The number of phosphoric ester groups is 1. The Bertz CT molecular complexity index is 4690. The zero-order valence-electron chi connectivity index (χ0n) is 64.6. The van der Waals surface area contributed by atoms with Gasteiger partial charge in [-0.2, -0.15) is 8.78 Å². The highest BCUT2D eigenvalue weighted by molar-refractivity contribution is 7.51. The van der Waals surface area contributed by atoms with Crippen LogP contribution in [0.3, 0.4) is 0 Å². The van der Waals surface area contributed by atoms with Gasteiger partial charge in [0.1, 0.15) is 42.6 Å². The molecule has 9 rings (SSSR count). The van der Waals surface area contributed by atoms with Gasteiger partial charge in [0.05, 0.1) is 100 Å². The minimum atomic E-state index is -5.37. The molecule has 4 aromatic rings. The van der Waals surface area contributed by atoms with Crippen molar-refractivity contribution in [2.24, 2.45) is 11.7 Å². The molecule has 40 nitrogen and oxygen atoms in total. The number of pyridine rings is 2. The number of aromatic nitrogens is 2. The summed E-state index contributed by atoms with van der Waals surface area (Å²) in [6.07, 6.45) is -3.84. The lowest BCUT2D eigenvalue weighted by molar-refractivity contribution is -0.171. The highest BCUT2D eigenvalue weighted by Gasteiger charge is 2.53. The first kappa shape index (κ1) is 91.4. The Morgan fingerprint density at radius 2 is 1.42 bits per heavy atom. The molecule has 1 aliphatic carbocycles. The molecule has 8 atom stereocenters. The molecule has 45 heteroatoms. The van der Waals surface area contributed by atoms with Gasteiger partial charge in [-0.15, -0.1) is 0 Å². The second-order valence-corrected chi connectivity index (χ2v) is 31.4. The number of nitrogens with one attached hydrogen (secondary N) is 10. The summed E-state index contributed by atoms with van der Waals surface area (Å²) in [6, 6.07) is -0.854. The summed E-state index contributed by atoms with van der Waals surface area (Å²) in [4.78, 5) is 219. The lowest BCUT2D eigenvalue weighted by Gasteiger charge is -2.36. The van der Waals surface area contributed by atoms with Gasteiger partial charge in [-0.3, -0.25) is 71.3 Å². The second kappa shape index (κ2) is 41.3. The molecule has 642 valence electrons. The minimum absolute atomic E-state index is 0.00916. The topological polar surface area (TPSA) is 566 Å². The monoisotopic (exact) mass is 1700 g/mol. The Hall–Kier alpha value is -10.5. The number of rotatable bonds is 45. The first-order valence-corrected chi connectivity index (χ1v) is 41.0. The molecular weight excluding hydrogens is 1610 g/mol. The predicted molar refractivity (Wildman–Crippen MR) is 405 cm³/mol. The molecule has 0 spiro atoms. The van der Waals surface area contributed by atoms with Crippen LogP contribution in [0.15, 0.2) is 53.3 Å². The third-order valence-corrected chi connectivity index (χ3v) is 21.5. The smallest absolute Gasteiger partial charge is 0.464 e. The highest BCUT2D eigenvalue weighted by Crippen LogP contribution is 2.55. The summed E-state index contributed by atoms with van der Waals surface area (Å²) < 4.78 is 108. The van der Waals surface area contributed by atoms with E-state index in [2.05, 4.69) is 53.2 Å². The number of imide groups is 1. The zero-order valence-corrected chi connectivity index (χ0v) is 66.4. The average molecular weight is 1700 g/mol. The fourth-order valence-corrected chi connectivity index (χ4v) is 15.2. The van der Waals surface area contributed by atoms with Crippen LogP contribution in [0.1, 0.15) is 117 Å². The van der Waals surface area contributed by atoms with Crippen molar-refractivity contribution in [1.29, 1.82) is 0 Å². The Morgan fingerprint density at radius 1 is 0.729 bits per heavy atom. The Labute approximate surface area is 671 Å². The van der Waals surface area contributed by atoms with Crippen molar-refractivity contribution in [2.75, 3.05) is 90.5 Å². The normalized spacial score (nSPS) is 18.1. The third kappa shape index (κ3) is 23.9. The molecular formula is C73H93F3N14O26P2. The molecule has 4 aliphatic heterocycles. The standard InChI is InChI=1S/C73H93F3N14O26P2/c1-5-73(45-31-52-62-43(35-89(52)69(101)44(45)37-114-71(73)103)60-47(86-68(100)63(75)76)13-12-42-39(4)46(74)32-50(85-62)59(42)60)116-118(108,109)115-36-40-8-10-41(11-9-40)82-64(96)48(7-6-19-80-72(77)104)87-67(99)61(38(2)3)88-65(97)51(33-56(93)83-49-16-24-113-70(49)102)84-55(92)17-23-110-25-20-78-21-26-111-28-29-112-27-22-79-66(98)53(90-57(94)14-15-58(90)95)34-81-54(91)18-30-117(105,106)107/h8-11,14-15,31-32,38,47-49,51,53,61,63,78H,5-7,12-13,16-30,33-37H2,1-4H3,(H,79,98)(H,81,91)(H,82,96)(H,83,93)(H,84,92)(H,86,100)(H,87,99)(H,88,97)(H,108,109)(H3,77,80,104)(H2,105,106,107)/t47-,48-,49-,51-,53-,61-,73-/m0/s1. The lowest BCUT2D eigenvalue weighted by Crippen LogP contribution is -2.58. The molecule has 1 unspecified atom stereocenters. The van der Waals surface area contributed by atoms with Gasteiger partial charge in [0, 0.05) is 92.4 Å². The van der Waals surface area contributed by atoms with Gasteiger partial charge in [0.25, 0.3) is 23.3 Å². The number of fused-ring (bicyclic) bond motifs is 5. The van der Waals surface area contributed by atoms with Crippen molar-refractivity contribution in [1.82, 2.24) is 62.3 Å². The summed E-state index contributed by atoms with van der Waals surface area (Å²) in [6.45, 7) is 5.13. The van der Waals surface area contributed by atoms with E-state index in [1.54, 1.807) is 20.8 Å². The van der Waals surface area contributed by atoms with E-state index in [4.69, 9.17) is 53.2 Å². The van der Waals surface area contributed by atoms with E-state index in [1.165, 1.54) is 41.8 Å². The van der Waals surface area contributed by atoms with Gasteiger partial charge in [0.15, 0.2) is 0 Å². The molecule has 118 heavy (non-hydrogen) atoms. The number of carbonyl (C=O) groups excluding carboxylic acids is 13. The van der Waals surface area contributed by atoms with Crippen LogP contribution in [0.4, 0.5) is 23.7 Å². The number of nitrogens with two attached hydrogens (primary N) is 1. The van der Waals surface area contributed by atoms with E-state index in [9.17, 15) is 89.9 Å². The fraction of sp³-hybridized carbons (Fsp3) is 0.521. The molecule has 15 N–H and O–H groups in total. The van der Waals surface area contributed by atoms with Crippen molar-refractivity contribution in [3.8, 4) is 11.4 Å². The van der Waals surface area contributed by atoms with Crippen LogP contribution in [-0.2, 0) is 131 Å². The number of urea groups is 1. The van der Waals surface area contributed by atoms with Crippen LogP contribution in [0.25, 0.3) is 22.3 Å². The van der Waals surface area contributed by atoms with E-state index in [0.717, 1.165) is 18.2 Å². The van der Waals surface area contributed by atoms with Crippen LogP contribution in [0.5, 0.6) is 0 Å². The highest BCUT2D eigenvalue weighted by atomic mass is 31.2. The Balaban J connectivity index is 0.752. The second-order valence-electron chi connectivity index (χ2n) is 28.3. The predicted octanol–water partition coefficient (Wildman–Crippen LogP) is -0.320. The van der Waals surface area contributed by atoms with E-state index in [1.807, 2.05) is 0 Å². The van der Waals surface area contributed by atoms with Crippen molar-refractivity contribution >= 4 is 109 Å². The van der Waals surface area contributed by atoms with Gasteiger partial charge in [-0.25, -0.2) is 28.3 Å². The number of nitrogens with zero attached hydrogens (tertiary/aromatic N) is 3. The number of amides is 12. The number of halogens is 3. The first-order chi connectivity index (χ1) is 56.0. The molecule has 5 aliphatic rings. The SMILES string of the molecule is CC[C@@]1(OP(=O)(O)OCc2ccc(NC(=O)[C@H](CCCNC(N)=O)NC(=O)[C@@H](NC(=O)[C@H](CC(=O)N[C@H]3CCOC3=O)NC(=O)CCOCCNCCOCCOCCNC(=O)[C@H](CNC(=O)CCP(=O)(O)O)N3C(=O)C=CC3=O)C(C)C)cc2)C(=O)OCc2c1cc1n(c2=O)Cc2c-1nc1cc(F)c(C)c3c1c2[C@@H](NC(=O)C(F)F)CC3. The molecule has 1 saturated heterocycles. The number of cyclic esters (lactones) is 2. The number of hydrogen-bond donors (Lipinski definition) is 14. The van der Waals surface area contributed by atoms with Crippen LogP contribution in [0, 0.1) is 18.7 Å². The van der Waals surface area contributed by atoms with E-state index in [0.29, 0.717) is 45.6 Å². The number of esters is 2. The molecule has 2 aromatic carbocycles. The molecule has 6 heterocycles. The largest absolute Gasteiger partial charge is 0.473 e. The van der Waals surface area contributed by atoms with Gasteiger partial charge in [-0.05, 0) is 85.4 Å². The molecule has 12 amide bonds. The van der Waals surface area contributed by atoms with E-state index < -0.39 is 203 Å². The zero-order chi connectivity index (χ0) is 85.9.